The minimum Gasteiger partial charge on any atom is -0.319 e. The van der Waals surface area contributed by atoms with Crippen molar-refractivity contribution < 1.29 is 18.8 Å². The van der Waals surface area contributed by atoms with Crippen molar-refractivity contribution in [3.05, 3.63) is 35.4 Å². The number of rotatable bonds is 5. The zero-order valence-corrected chi connectivity index (χ0v) is 12.6. The van der Waals surface area contributed by atoms with Crippen molar-refractivity contribution in [3.8, 4) is 0 Å². The highest BCUT2D eigenvalue weighted by atomic mass is 31.2. The molecule has 0 bridgehead atoms. The summed E-state index contributed by atoms with van der Waals surface area (Å²) >= 11 is 0. The van der Waals surface area contributed by atoms with Gasteiger partial charge in [0.15, 0.2) is 0 Å². The van der Waals surface area contributed by atoms with E-state index in [1.807, 2.05) is 0 Å². The quantitative estimate of drug-likeness (QED) is 0.836. The molecule has 1 atom stereocenters. The van der Waals surface area contributed by atoms with Crippen molar-refractivity contribution >= 4 is 13.1 Å². The van der Waals surface area contributed by atoms with E-state index in [0.717, 1.165) is 25.7 Å². The van der Waals surface area contributed by atoms with Crippen LogP contribution in [0.2, 0.25) is 0 Å². The lowest BCUT2D eigenvalue weighted by Gasteiger charge is -2.22. The zero-order valence-electron chi connectivity index (χ0n) is 11.7. The van der Waals surface area contributed by atoms with Crippen LogP contribution in [-0.2, 0) is 9.09 Å². The van der Waals surface area contributed by atoms with E-state index in [-0.39, 0.29) is 12.2 Å². The average molecular weight is 296 g/mol. The fourth-order valence-electron chi connectivity index (χ4n) is 2.58. The van der Waals surface area contributed by atoms with Crippen LogP contribution in [0.5, 0.6) is 0 Å². The van der Waals surface area contributed by atoms with Crippen LogP contribution in [0.1, 0.15) is 48.0 Å². The van der Waals surface area contributed by atoms with Gasteiger partial charge in [0, 0.05) is 5.56 Å². The van der Waals surface area contributed by atoms with Gasteiger partial charge < -0.3 is 9.42 Å². The number of hydrogen-bond donors (Lipinski definition) is 1. The predicted octanol–water partition coefficient (Wildman–Crippen LogP) is 3.92. The molecule has 1 aliphatic carbocycles. The van der Waals surface area contributed by atoms with Gasteiger partial charge in [0.2, 0.25) is 0 Å². The van der Waals surface area contributed by atoms with E-state index in [1.165, 1.54) is 6.42 Å². The largest absolute Gasteiger partial charge is 0.399 e. The van der Waals surface area contributed by atoms with Crippen LogP contribution in [-0.4, -0.2) is 17.0 Å². The molecule has 1 saturated carbocycles. The second kappa shape index (κ2) is 6.66. The molecule has 1 fully saturated rings. The first-order valence-electron chi connectivity index (χ1n) is 7.08. The summed E-state index contributed by atoms with van der Waals surface area (Å²) in [5, 5.41) is 0. The van der Waals surface area contributed by atoms with Crippen LogP contribution in [0.4, 0.5) is 0 Å². The van der Waals surface area contributed by atoms with Crippen LogP contribution in [0.15, 0.2) is 24.3 Å². The molecule has 0 aliphatic heterocycles. The highest BCUT2D eigenvalue weighted by Gasteiger charge is 2.33. The van der Waals surface area contributed by atoms with E-state index in [2.05, 4.69) is 0 Å². The Bertz CT molecular complexity index is 520. The third-order valence-electron chi connectivity index (χ3n) is 3.84. The first-order valence-corrected chi connectivity index (χ1v) is 8.66. The van der Waals surface area contributed by atoms with Crippen molar-refractivity contribution in [1.82, 2.24) is 0 Å². The summed E-state index contributed by atoms with van der Waals surface area (Å²) in [6.07, 6.45) is 5.51. The highest BCUT2D eigenvalue weighted by Crippen LogP contribution is 2.47. The second-order valence-corrected chi connectivity index (χ2v) is 7.15. The summed E-state index contributed by atoms with van der Waals surface area (Å²) < 4.78 is 17.2. The fraction of sp³-hybridized carbons (Fsp3) is 0.533. The maximum Gasteiger partial charge on any atom is 0.399 e. The maximum absolute atomic E-state index is 12.1. The van der Waals surface area contributed by atoms with Crippen LogP contribution < -0.4 is 0 Å². The summed E-state index contributed by atoms with van der Waals surface area (Å²) in [4.78, 5) is 22.0. The lowest BCUT2D eigenvalue weighted by atomic mass is 9.90. The molecule has 1 aromatic rings. The van der Waals surface area contributed by atoms with Gasteiger partial charge in [-0.1, -0.05) is 43.5 Å². The van der Waals surface area contributed by atoms with Crippen molar-refractivity contribution in [1.29, 1.82) is 0 Å². The van der Waals surface area contributed by atoms with E-state index in [9.17, 15) is 14.3 Å². The van der Waals surface area contributed by atoms with Crippen LogP contribution >= 0.6 is 7.60 Å². The molecule has 0 amide bonds. The fourth-order valence-corrected chi connectivity index (χ4v) is 3.67. The third kappa shape index (κ3) is 3.78. The Labute approximate surface area is 119 Å². The molecule has 2 rings (SSSR count). The van der Waals surface area contributed by atoms with Crippen molar-refractivity contribution in [2.24, 2.45) is 5.92 Å². The third-order valence-corrected chi connectivity index (χ3v) is 5.10. The molecule has 110 valence electrons. The van der Waals surface area contributed by atoms with Crippen molar-refractivity contribution in [3.63, 3.8) is 0 Å². The molecule has 0 aromatic heterocycles. The minimum atomic E-state index is -4.24. The Hall–Kier alpha value is -0.960. The smallest absolute Gasteiger partial charge is 0.319 e. The standard InChI is InChI=1S/C15H21O4P/c1-12-7-5-6-10-14(12)15(16)20(17,18)19-11-13-8-3-2-4-9-13/h5-7,10,13H,2-4,8-9,11H2,1H3,(H,17,18). The molecule has 1 aromatic carbocycles. The number of hydrogen-bond acceptors (Lipinski definition) is 3. The molecule has 0 spiro atoms. The van der Waals surface area contributed by atoms with E-state index >= 15 is 0 Å². The minimum absolute atomic E-state index is 0.200. The van der Waals surface area contributed by atoms with E-state index < -0.39 is 13.1 Å². The number of benzene rings is 1. The molecule has 0 heterocycles. The first kappa shape index (κ1) is 15.4. The van der Waals surface area contributed by atoms with Gasteiger partial charge in [-0.3, -0.25) is 9.36 Å². The second-order valence-electron chi connectivity index (χ2n) is 5.44. The molecule has 20 heavy (non-hydrogen) atoms. The van der Waals surface area contributed by atoms with Crippen LogP contribution in [0.3, 0.4) is 0 Å². The van der Waals surface area contributed by atoms with Crippen molar-refractivity contribution in [2.75, 3.05) is 6.61 Å². The molecular formula is C15H21O4P. The van der Waals surface area contributed by atoms with Gasteiger partial charge in [0.25, 0.3) is 5.52 Å². The van der Waals surface area contributed by atoms with Gasteiger partial charge in [-0.05, 0) is 31.2 Å². The normalized spacial score (nSPS) is 19.5. The molecule has 5 heteroatoms. The molecule has 4 nitrogen and oxygen atoms in total. The monoisotopic (exact) mass is 296 g/mol. The Balaban J connectivity index is 2.00. The Morgan fingerprint density at radius 1 is 1.30 bits per heavy atom. The summed E-state index contributed by atoms with van der Waals surface area (Å²) in [5.41, 5.74) is 0.154. The van der Waals surface area contributed by atoms with Gasteiger partial charge >= 0.3 is 7.60 Å². The van der Waals surface area contributed by atoms with Gasteiger partial charge in [-0.2, -0.15) is 0 Å². The Kier molecular flexibility index (Phi) is 5.14. The lowest BCUT2D eigenvalue weighted by molar-refractivity contribution is 0.100. The summed E-state index contributed by atoms with van der Waals surface area (Å²) in [6, 6.07) is 6.78. The van der Waals surface area contributed by atoms with Crippen LogP contribution in [0.25, 0.3) is 0 Å². The van der Waals surface area contributed by atoms with Gasteiger partial charge in [-0.25, -0.2) is 0 Å². The molecule has 1 unspecified atom stereocenters. The first-order chi connectivity index (χ1) is 9.50. The number of aryl methyl sites for hydroxylation is 1. The lowest BCUT2D eigenvalue weighted by Crippen LogP contribution is -2.14. The Morgan fingerprint density at radius 3 is 2.60 bits per heavy atom. The molecule has 0 saturated heterocycles. The summed E-state index contributed by atoms with van der Waals surface area (Å²) in [7, 11) is -4.24. The average Bonchev–Trinajstić information content (AvgIpc) is 2.46. The summed E-state index contributed by atoms with van der Waals surface area (Å²) in [6.45, 7) is 1.94. The van der Waals surface area contributed by atoms with Gasteiger partial charge in [-0.15, -0.1) is 0 Å². The van der Waals surface area contributed by atoms with Gasteiger partial charge in [0.1, 0.15) is 0 Å². The molecular weight excluding hydrogens is 275 g/mol. The molecule has 1 aliphatic rings. The Morgan fingerprint density at radius 2 is 1.95 bits per heavy atom. The molecule has 0 radical (unpaired) electrons. The van der Waals surface area contributed by atoms with E-state index in [0.29, 0.717) is 11.5 Å². The van der Waals surface area contributed by atoms with Gasteiger partial charge in [0.05, 0.1) is 6.61 Å². The topological polar surface area (TPSA) is 63.6 Å². The van der Waals surface area contributed by atoms with Crippen LogP contribution in [0, 0.1) is 12.8 Å². The number of carbonyl (C=O) groups excluding carboxylic acids is 1. The highest BCUT2D eigenvalue weighted by molar-refractivity contribution is 7.71. The predicted molar refractivity (Wildman–Crippen MR) is 77.9 cm³/mol. The van der Waals surface area contributed by atoms with Crippen molar-refractivity contribution in [2.45, 2.75) is 39.0 Å². The maximum atomic E-state index is 12.1. The molecule has 1 N–H and O–H groups in total. The SMILES string of the molecule is Cc1ccccc1C(=O)P(=O)(O)OCC1CCCCC1. The summed E-state index contributed by atoms with van der Waals surface area (Å²) in [5.74, 6) is 0.300. The van der Waals surface area contributed by atoms with E-state index in [1.54, 1.807) is 31.2 Å². The zero-order chi connectivity index (χ0) is 14.6. The number of carbonyl (C=O) groups is 1. The van der Waals surface area contributed by atoms with E-state index in [4.69, 9.17) is 4.52 Å².